The molecule has 4 heteroatoms. The molecule has 16 heavy (non-hydrogen) atoms. The Balaban J connectivity index is 3.64. The van der Waals surface area contributed by atoms with Crippen molar-refractivity contribution in [1.29, 1.82) is 0 Å². The lowest BCUT2D eigenvalue weighted by Gasteiger charge is -2.20. The predicted octanol–water partition coefficient (Wildman–Crippen LogP) is 1.04. The van der Waals surface area contributed by atoms with Gasteiger partial charge in [0.2, 0.25) is 0 Å². The molecule has 0 aliphatic heterocycles. The fourth-order valence-corrected chi connectivity index (χ4v) is 1.09. The molecule has 4 nitrogen and oxygen atoms in total. The molecule has 0 fully saturated rings. The summed E-state index contributed by atoms with van der Waals surface area (Å²) < 4.78 is 4.60. The minimum atomic E-state index is -0.263. The molecule has 0 aromatic carbocycles. The van der Waals surface area contributed by atoms with Crippen molar-refractivity contribution in [3.63, 3.8) is 0 Å². The van der Waals surface area contributed by atoms with Crippen molar-refractivity contribution in [1.82, 2.24) is 10.2 Å². The summed E-state index contributed by atoms with van der Waals surface area (Å²) in [7, 11) is 3.49. The molecular weight excluding hydrogens is 204 g/mol. The van der Waals surface area contributed by atoms with Gasteiger partial charge in [0, 0.05) is 31.2 Å². The van der Waals surface area contributed by atoms with E-state index in [-0.39, 0.29) is 5.97 Å². The van der Waals surface area contributed by atoms with E-state index >= 15 is 0 Å². The van der Waals surface area contributed by atoms with Crippen LogP contribution in [0.15, 0.2) is 11.6 Å². The van der Waals surface area contributed by atoms with Gasteiger partial charge in [0.15, 0.2) is 0 Å². The molecule has 1 N–H and O–H groups in total. The number of nitrogens with one attached hydrogen (secondary N) is 1. The summed E-state index contributed by atoms with van der Waals surface area (Å²) in [6, 6.07) is 0.564. The van der Waals surface area contributed by atoms with Crippen molar-refractivity contribution >= 4 is 5.97 Å². The van der Waals surface area contributed by atoms with Crippen molar-refractivity contribution < 1.29 is 9.53 Å². The number of likely N-dealkylation sites (N-methyl/N-ethyl adjacent to an activating group) is 1. The lowest BCUT2D eigenvalue weighted by atomic mass is 10.3. The van der Waals surface area contributed by atoms with Gasteiger partial charge in [0.25, 0.3) is 0 Å². The Morgan fingerprint density at radius 3 is 2.62 bits per heavy atom. The lowest BCUT2D eigenvalue weighted by molar-refractivity contribution is -0.136. The molecule has 0 amide bonds. The first-order valence-electron chi connectivity index (χ1n) is 5.65. The highest BCUT2D eigenvalue weighted by Gasteiger charge is 2.02. The maximum absolute atomic E-state index is 11.0. The van der Waals surface area contributed by atoms with Crippen molar-refractivity contribution in [2.75, 3.05) is 33.8 Å². The number of nitrogens with zero attached hydrogens (tertiary/aromatic N) is 1. The van der Waals surface area contributed by atoms with Crippen LogP contribution in [0.5, 0.6) is 0 Å². The van der Waals surface area contributed by atoms with E-state index in [9.17, 15) is 4.79 Å². The van der Waals surface area contributed by atoms with Crippen molar-refractivity contribution in [2.24, 2.45) is 0 Å². The zero-order valence-electron chi connectivity index (χ0n) is 11.0. The average Bonchev–Trinajstić information content (AvgIpc) is 2.26. The van der Waals surface area contributed by atoms with Crippen LogP contribution in [0, 0.1) is 0 Å². The largest absolute Gasteiger partial charge is 0.466 e. The quantitative estimate of drug-likeness (QED) is 0.401. The van der Waals surface area contributed by atoms with E-state index < -0.39 is 0 Å². The maximum Gasteiger partial charge on any atom is 0.333 e. The Hall–Kier alpha value is -0.870. The number of carbonyl (C=O) groups excluding carboxylic acids is 1. The summed E-state index contributed by atoms with van der Waals surface area (Å²) in [5.41, 5.74) is 0.646. The number of ether oxygens (including phenoxy) is 1. The SMILES string of the molecule is COC(=O)C(C)=CCNCCN(C)C(C)C. The minimum absolute atomic E-state index is 0.263. The number of rotatable bonds is 7. The number of methoxy groups -OCH3 is 1. The molecule has 0 aliphatic rings. The maximum atomic E-state index is 11.0. The van der Waals surface area contributed by atoms with Crippen molar-refractivity contribution in [3.05, 3.63) is 11.6 Å². The molecule has 0 atom stereocenters. The Morgan fingerprint density at radius 1 is 1.50 bits per heavy atom. The molecule has 0 unspecified atom stereocenters. The number of carbonyl (C=O) groups is 1. The highest BCUT2D eigenvalue weighted by Crippen LogP contribution is 1.94. The van der Waals surface area contributed by atoms with E-state index in [1.807, 2.05) is 6.08 Å². The standard InChI is InChI=1S/C12H24N2O2/c1-10(2)14(4)9-8-13-7-6-11(3)12(15)16-5/h6,10,13H,7-9H2,1-5H3. The number of hydrogen-bond acceptors (Lipinski definition) is 4. The third-order valence-corrected chi connectivity index (χ3v) is 2.58. The van der Waals surface area contributed by atoms with E-state index in [0.717, 1.165) is 13.1 Å². The first-order valence-corrected chi connectivity index (χ1v) is 5.65. The topological polar surface area (TPSA) is 41.6 Å². The van der Waals surface area contributed by atoms with Gasteiger partial charge in [-0.25, -0.2) is 4.79 Å². The van der Waals surface area contributed by atoms with Crippen molar-refractivity contribution in [3.8, 4) is 0 Å². The Morgan fingerprint density at radius 2 is 2.12 bits per heavy atom. The van der Waals surface area contributed by atoms with Crippen LogP contribution in [-0.4, -0.2) is 50.7 Å². The fraction of sp³-hybridized carbons (Fsp3) is 0.750. The minimum Gasteiger partial charge on any atom is -0.466 e. The average molecular weight is 228 g/mol. The second-order valence-electron chi connectivity index (χ2n) is 4.16. The van der Waals surface area contributed by atoms with Gasteiger partial charge in [-0.3, -0.25) is 0 Å². The molecular formula is C12H24N2O2. The van der Waals surface area contributed by atoms with Crippen LogP contribution in [0.2, 0.25) is 0 Å². The number of esters is 1. The molecule has 0 saturated carbocycles. The van der Waals surface area contributed by atoms with Crippen LogP contribution in [0.25, 0.3) is 0 Å². The molecule has 0 aromatic heterocycles. The van der Waals surface area contributed by atoms with E-state index in [4.69, 9.17) is 0 Å². The molecule has 0 spiro atoms. The van der Waals surface area contributed by atoms with Crippen LogP contribution >= 0.6 is 0 Å². The molecule has 94 valence electrons. The monoisotopic (exact) mass is 228 g/mol. The van der Waals surface area contributed by atoms with Crippen LogP contribution in [0.3, 0.4) is 0 Å². The van der Waals surface area contributed by atoms with Crippen molar-refractivity contribution in [2.45, 2.75) is 26.8 Å². The van der Waals surface area contributed by atoms with Gasteiger partial charge >= 0.3 is 5.97 Å². The second kappa shape index (κ2) is 8.30. The normalized spacial score (nSPS) is 12.3. The van der Waals surface area contributed by atoms with E-state index in [1.165, 1.54) is 7.11 Å². The summed E-state index contributed by atoms with van der Waals surface area (Å²) in [5, 5.41) is 3.26. The first-order chi connectivity index (χ1) is 7.49. The molecule has 0 heterocycles. The van der Waals surface area contributed by atoms with E-state index in [0.29, 0.717) is 18.2 Å². The summed E-state index contributed by atoms with van der Waals surface area (Å²) >= 11 is 0. The van der Waals surface area contributed by atoms with Crippen LogP contribution in [-0.2, 0) is 9.53 Å². The van der Waals surface area contributed by atoms with Gasteiger partial charge in [-0.05, 0) is 27.8 Å². The second-order valence-corrected chi connectivity index (χ2v) is 4.16. The van der Waals surface area contributed by atoms with E-state index in [2.05, 4.69) is 35.8 Å². The zero-order chi connectivity index (χ0) is 12.6. The summed E-state index contributed by atoms with van der Waals surface area (Å²) in [6.07, 6.45) is 1.85. The molecule has 0 rings (SSSR count). The Labute approximate surface area is 98.6 Å². The van der Waals surface area contributed by atoms with Gasteiger partial charge in [-0.2, -0.15) is 0 Å². The van der Waals surface area contributed by atoms with Crippen LogP contribution < -0.4 is 5.32 Å². The first kappa shape index (κ1) is 15.1. The summed E-state index contributed by atoms with van der Waals surface area (Å²) in [4.78, 5) is 13.3. The third kappa shape index (κ3) is 6.58. The van der Waals surface area contributed by atoms with Crippen LogP contribution in [0.4, 0.5) is 0 Å². The molecule has 0 aromatic rings. The Bertz CT molecular complexity index is 237. The summed E-state index contributed by atoms with van der Waals surface area (Å²) in [5.74, 6) is -0.263. The molecule has 0 aliphatic carbocycles. The van der Waals surface area contributed by atoms with Crippen LogP contribution in [0.1, 0.15) is 20.8 Å². The van der Waals surface area contributed by atoms with Gasteiger partial charge in [-0.1, -0.05) is 6.08 Å². The smallest absolute Gasteiger partial charge is 0.333 e. The molecule has 0 bridgehead atoms. The molecule has 0 radical (unpaired) electrons. The van der Waals surface area contributed by atoms with Gasteiger partial charge in [0.05, 0.1) is 7.11 Å². The predicted molar refractivity (Wildman–Crippen MR) is 66.4 cm³/mol. The Kier molecular flexibility index (Phi) is 7.85. The summed E-state index contributed by atoms with van der Waals surface area (Å²) in [6.45, 7) is 8.71. The lowest BCUT2D eigenvalue weighted by Crippen LogP contribution is -2.33. The van der Waals surface area contributed by atoms with Gasteiger partial charge < -0.3 is 15.0 Å². The highest BCUT2D eigenvalue weighted by atomic mass is 16.5. The van der Waals surface area contributed by atoms with Gasteiger partial charge in [0.1, 0.15) is 0 Å². The number of hydrogen-bond donors (Lipinski definition) is 1. The zero-order valence-corrected chi connectivity index (χ0v) is 11.0. The van der Waals surface area contributed by atoms with Gasteiger partial charge in [-0.15, -0.1) is 0 Å². The third-order valence-electron chi connectivity index (χ3n) is 2.58. The fourth-order valence-electron chi connectivity index (χ4n) is 1.09. The van der Waals surface area contributed by atoms with E-state index in [1.54, 1.807) is 6.92 Å². The molecule has 0 saturated heterocycles. The highest BCUT2D eigenvalue weighted by molar-refractivity contribution is 5.87.